The minimum absolute atomic E-state index is 0.0176. The lowest BCUT2D eigenvalue weighted by Crippen LogP contribution is -2.57. The monoisotopic (exact) mass is 342 g/mol. The average molecular weight is 342 g/mol. The number of benzene rings is 1. The van der Waals surface area contributed by atoms with Gasteiger partial charge in [0.05, 0.1) is 19.3 Å². The molecule has 0 aliphatic carbocycles. The Kier molecular flexibility index (Phi) is 5.33. The second-order valence-electron chi connectivity index (χ2n) is 5.65. The van der Waals surface area contributed by atoms with Gasteiger partial charge in [0, 0.05) is 31.0 Å². The van der Waals surface area contributed by atoms with Crippen LogP contribution in [0, 0.1) is 0 Å². The molecule has 0 spiro atoms. The summed E-state index contributed by atoms with van der Waals surface area (Å²) in [6, 6.07) is 7.24. The van der Waals surface area contributed by atoms with E-state index in [4.69, 9.17) is 9.47 Å². The number of hydrogen-bond donors (Lipinski definition) is 1. The first-order chi connectivity index (χ1) is 12.2. The highest BCUT2D eigenvalue weighted by Crippen LogP contribution is 2.29. The van der Waals surface area contributed by atoms with Crippen molar-refractivity contribution in [1.82, 2.24) is 14.9 Å². The molecule has 1 aromatic carbocycles. The van der Waals surface area contributed by atoms with Gasteiger partial charge in [-0.05, 0) is 38.1 Å². The first-order valence-corrected chi connectivity index (χ1v) is 8.43. The van der Waals surface area contributed by atoms with Crippen LogP contribution < -0.4 is 14.8 Å². The van der Waals surface area contributed by atoms with Gasteiger partial charge in [-0.3, -0.25) is 4.79 Å². The Morgan fingerprint density at radius 2 is 1.84 bits per heavy atom. The molecule has 1 saturated heterocycles. The molecule has 132 valence electrons. The maximum Gasteiger partial charge on any atom is 0.254 e. The fourth-order valence-corrected chi connectivity index (χ4v) is 2.66. The Bertz CT molecular complexity index is 718. The molecule has 0 bridgehead atoms. The van der Waals surface area contributed by atoms with Crippen LogP contribution in [0.25, 0.3) is 0 Å². The molecule has 1 fully saturated rings. The summed E-state index contributed by atoms with van der Waals surface area (Å²) >= 11 is 0. The number of amides is 1. The van der Waals surface area contributed by atoms with Gasteiger partial charge in [0.25, 0.3) is 5.91 Å². The van der Waals surface area contributed by atoms with E-state index in [0.717, 1.165) is 0 Å². The van der Waals surface area contributed by atoms with E-state index in [0.29, 0.717) is 49.3 Å². The van der Waals surface area contributed by atoms with Crippen molar-refractivity contribution in [2.75, 3.05) is 31.6 Å². The van der Waals surface area contributed by atoms with Crippen LogP contribution in [0.3, 0.4) is 0 Å². The van der Waals surface area contributed by atoms with Gasteiger partial charge in [-0.15, -0.1) is 0 Å². The van der Waals surface area contributed by atoms with E-state index >= 15 is 0 Å². The van der Waals surface area contributed by atoms with Crippen molar-refractivity contribution in [1.29, 1.82) is 0 Å². The Balaban J connectivity index is 1.61. The number of hydrogen-bond acceptors (Lipinski definition) is 6. The highest BCUT2D eigenvalue weighted by molar-refractivity contribution is 5.95. The zero-order valence-electron chi connectivity index (χ0n) is 14.4. The minimum atomic E-state index is -0.0176. The molecule has 0 saturated carbocycles. The van der Waals surface area contributed by atoms with Crippen molar-refractivity contribution in [3.05, 3.63) is 42.2 Å². The molecule has 1 aliphatic heterocycles. The third kappa shape index (κ3) is 3.99. The number of anilines is 1. The van der Waals surface area contributed by atoms with Gasteiger partial charge >= 0.3 is 0 Å². The number of rotatable bonds is 7. The molecule has 7 nitrogen and oxygen atoms in total. The van der Waals surface area contributed by atoms with Crippen LogP contribution in [0.4, 0.5) is 5.95 Å². The fourth-order valence-electron chi connectivity index (χ4n) is 2.66. The SMILES string of the molecule is CCOc1ccc(C(=O)N2CC(Nc3ncccn3)C2)cc1OCC. The number of carbonyl (C=O) groups is 1. The molecule has 25 heavy (non-hydrogen) atoms. The highest BCUT2D eigenvalue weighted by Gasteiger charge is 2.32. The van der Waals surface area contributed by atoms with Crippen LogP contribution in [-0.4, -0.2) is 53.1 Å². The second kappa shape index (κ2) is 7.83. The number of nitrogens with zero attached hydrogens (tertiary/aromatic N) is 3. The molecule has 1 N–H and O–H groups in total. The number of aromatic nitrogens is 2. The Labute approximate surface area is 147 Å². The highest BCUT2D eigenvalue weighted by atomic mass is 16.5. The van der Waals surface area contributed by atoms with Crippen molar-refractivity contribution >= 4 is 11.9 Å². The first kappa shape index (κ1) is 17.0. The molecule has 1 aliphatic rings. The third-order valence-corrected chi connectivity index (χ3v) is 3.86. The van der Waals surface area contributed by atoms with Gasteiger partial charge in [-0.25, -0.2) is 9.97 Å². The average Bonchev–Trinajstić information content (AvgIpc) is 2.60. The van der Waals surface area contributed by atoms with E-state index in [1.54, 1.807) is 41.6 Å². The standard InChI is InChI=1S/C18H22N4O3/c1-3-24-15-7-6-13(10-16(15)25-4-2)17(23)22-11-14(12-22)21-18-19-8-5-9-20-18/h5-10,14H,3-4,11-12H2,1-2H3,(H,19,20,21). The van der Waals surface area contributed by atoms with Gasteiger partial charge in [0.2, 0.25) is 5.95 Å². The Morgan fingerprint density at radius 1 is 1.16 bits per heavy atom. The molecule has 1 aromatic heterocycles. The molecular formula is C18H22N4O3. The summed E-state index contributed by atoms with van der Waals surface area (Å²) in [5, 5.41) is 3.21. The fraction of sp³-hybridized carbons (Fsp3) is 0.389. The molecule has 0 radical (unpaired) electrons. The predicted octanol–water partition coefficient (Wildman–Crippen LogP) is 2.21. The molecule has 1 amide bonds. The third-order valence-electron chi connectivity index (χ3n) is 3.86. The molecule has 2 aromatic rings. The van der Waals surface area contributed by atoms with Crippen molar-refractivity contribution in [2.24, 2.45) is 0 Å². The van der Waals surface area contributed by atoms with E-state index in [1.807, 2.05) is 13.8 Å². The lowest BCUT2D eigenvalue weighted by molar-refractivity contribution is 0.0624. The molecule has 0 unspecified atom stereocenters. The summed E-state index contributed by atoms with van der Waals surface area (Å²) in [6.45, 7) is 6.13. The van der Waals surface area contributed by atoms with Gasteiger partial charge in [0.1, 0.15) is 0 Å². The van der Waals surface area contributed by atoms with Crippen LogP contribution in [0.1, 0.15) is 24.2 Å². The van der Waals surface area contributed by atoms with Gasteiger partial charge in [0.15, 0.2) is 11.5 Å². The largest absolute Gasteiger partial charge is 0.490 e. The molecule has 3 rings (SSSR count). The summed E-state index contributed by atoms with van der Waals surface area (Å²) in [4.78, 5) is 22.7. The zero-order chi connectivity index (χ0) is 17.6. The summed E-state index contributed by atoms with van der Waals surface area (Å²) in [5.74, 6) is 1.82. The van der Waals surface area contributed by atoms with Crippen molar-refractivity contribution in [3.8, 4) is 11.5 Å². The maximum atomic E-state index is 12.6. The maximum absolute atomic E-state index is 12.6. The van der Waals surface area contributed by atoms with E-state index < -0.39 is 0 Å². The van der Waals surface area contributed by atoms with Crippen molar-refractivity contribution in [2.45, 2.75) is 19.9 Å². The van der Waals surface area contributed by atoms with Crippen LogP contribution in [0.15, 0.2) is 36.7 Å². The van der Waals surface area contributed by atoms with Crippen LogP contribution in [0.2, 0.25) is 0 Å². The molecule has 7 heteroatoms. The number of nitrogens with one attached hydrogen (secondary N) is 1. The smallest absolute Gasteiger partial charge is 0.254 e. The quantitative estimate of drug-likeness (QED) is 0.831. The van der Waals surface area contributed by atoms with Crippen molar-refractivity contribution < 1.29 is 14.3 Å². The van der Waals surface area contributed by atoms with Crippen LogP contribution in [-0.2, 0) is 0 Å². The van der Waals surface area contributed by atoms with Gasteiger partial charge < -0.3 is 19.7 Å². The minimum Gasteiger partial charge on any atom is -0.490 e. The second-order valence-corrected chi connectivity index (χ2v) is 5.65. The summed E-state index contributed by atoms with van der Waals surface area (Å²) in [5.41, 5.74) is 0.598. The Morgan fingerprint density at radius 3 is 2.52 bits per heavy atom. The van der Waals surface area contributed by atoms with E-state index in [1.165, 1.54) is 0 Å². The number of carbonyl (C=O) groups excluding carboxylic acids is 1. The van der Waals surface area contributed by atoms with E-state index in [-0.39, 0.29) is 11.9 Å². The predicted molar refractivity (Wildman–Crippen MR) is 94.1 cm³/mol. The zero-order valence-corrected chi connectivity index (χ0v) is 14.4. The van der Waals surface area contributed by atoms with Crippen LogP contribution >= 0.6 is 0 Å². The van der Waals surface area contributed by atoms with Crippen molar-refractivity contribution in [3.63, 3.8) is 0 Å². The lowest BCUT2D eigenvalue weighted by Gasteiger charge is -2.39. The van der Waals surface area contributed by atoms with Gasteiger partial charge in [-0.2, -0.15) is 0 Å². The van der Waals surface area contributed by atoms with E-state index in [2.05, 4.69) is 15.3 Å². The molecule has 2 heterocycles. The summed E-state index contributed by atoms with van der Waals surface area (Å²) < 4.78 is 11.1. The first-order valence-electron chi connectivity index (χ1n) is 8.43. The Hall–Kier alpha value is -2.83. The van der Waals surface area contributed by atoms with E-state index in [9.17, 15) is 4.79 Å². The molecular weight excluding hydrogens is 320 g/mol. The van der Waals surface area contributed by atoms with Crippen LogP contribution in [0.5, 0.6) is 11.5 Å². The molecule has 0 atom stereocenters. The van der Waals surface area contributed by atoms with Gasteiger partial charge in [-0.1, -0.05) is 0 Å². The summed E-state index contributed by atoms with van der Waals surface area (Å²) in [7, 11) is 0. The lowest BCUT2D eigenvalue weighted by atomic mass is 10.1. The number of ether oxygens (including phenoxy) is 2. The topological polar surface area (TPSA) is 76.6 Å². The normalized spacial score (nSPS) is 13.9. The summed E-state index contributed by atoms with van der Waals surface area (Å²) in [6.07, 6.45) is 3.37. The number of likely N-dealkylation sites (tertiary alicyclic amines) is 1.